The summed E-state index contributed by atoms with van der Waals surface area (Å²) in [4.78, 5) is 25.4. The lowest BCUT2D eigenvalue weighted by atomic mass is 10.2. The third-order valence-electron chi connectivity index (χ3n) is 3.69. The molecule has 6 heteroatoms. The zero-order valence-electron chi connectivity index (χ0n) is 12.9. The molecule has 1 N–H and O–H groups in total. The molecule has 2 rings (SSSR count). The van der Waals surface area contributed by atoms with Crippen molar-refractivity contribution in [2.24, 2.45) is 0 Å². The highest BCUT2D eigenvalue weighted by Gasteiger charge is 2.19. The number of anilines is 1. The zero-order chi connectivity index (χ0) is 16.1. The van der Waals surface area contributed by atoms with Crippen molar-refractivity contribution in [1.82, 2.24) is 5.32 Å². The molecule has 1 unspecified atom stereocenters. The predicted molar refractivity (Wildman–Crippen MR) is 88.9 cm³/mol. The van der Waals surface area contributed by atoms with Crippen LogP contribution in [0.15, 0.2) is 22.7 Å². The van der Waals surface area contributed by atoms with E-state index in [9.17, 15) is 9.59 Å². The Morgan fingerprint density at radius 3 is 2.82 bits per heavy atom. The van der Waals surface area contributed by atoms with E-state index in [0.717, 1.165) is 35.2 Å². The second-order valence-electron chi connectivity index (χ2n) is 5.48. The first kappa shape index (κ1) is 17.0. The fourth-order valence-electron chi connectivity index (χ4n) is 2.41. The molecule has 0 aliphatic carbocycles. The number of hydrogen-bond donors (Lipinski definition) is 1. The number of halogens is 1. The maximum absolute atomic E-state index is 12.1. The standard InChI is InChI=1S/C16H21BrN2O3/c1-11-8-13(5-6-15(11)17)19(12(2)20)10-16(21)18-9-14-4-3-7-22-14/h5-6,8,14H,3-4,7,9-10H2,1-2H3,(H,18,21). The van der Waals surface area contributed by atoms with Gasteiger partial charge in [0.15, 0.2) is 0 Å². The Morgan fingerprint density at radius 1 is 1.45 bits per heavy atom. The summed E-state index contributed by atoms with van der Waals surface area (Å²) >= 11 is 3.43. The summed E-state index contributed by atoms with van der Waals surface area (Å²) in [5, 5.41) is 2.84. The summed E-state index contributed by atoms with van der Waals surface area (Å²) in [6.07, 6.45) is 2.12. The second kappa shape index (κ2) is 7.74. The minimum absolute atomic E-state index is 0.0170. The van der Waals surface area contributed by atoms with Gasteiger partial charge < -0.3 is 15.0 Å². The highest BCUT2D eigenvalue weighted by molar-refractivity contribution is 9.10. The van der Waals surface area contributed by atoms with E-state index in [0.29, 0.717) is 6.54 Å². The molecule has 1 aromatic carbocycles. The van der Waals surface area contributed by atoms with E-state index in [1.54, 1.807) is 0 Å². The highest BCUT2D eigenvalue weighted by Crippen LogP contribution is 2.23. The summed E-state index contributed by atoms with van der Waals surface area (Å²) in [6.45, 7) is 4.69. The Bertz CT molecular complexity index is 556. The molecule has 5 nitrogen and oxygen atoms in total. The number of aryl methyl sites for hydroxylation is 1. The van der Waals surface area contributed by atoms with Crippen molar-refractivity contribution in [3.8, 4) is 0 Å². The van der Waals surface area contributed by atoms with Crippen molar-refractivity contribution in [1.29, 1.82) is 0 Å². The summed E-state index contributed by atoms with van der Waals surface area (Å²) < 4.78 is 6.44. The number of ether oxygens (including phenoxy) is 1. The number of nitrogens with one attached hydrogen (secondary N) is 1. The minimum Gasteiger partial charge on any atom is -0.376 e. The molecular weight excluding hydrogens is 348 g/mol. The first-order valence-electron chi connectivity index (χ1n) is 7.40. The van der Waals surface area contributed by atoms with E-state index < -0.39 is 0 Å². The Balaban J connectivity index is 1.97. The second-order valence-corrected chi connectivity index (χ2v) is 6.33. The van der Waals surface area contributed by atoms with E-state index >= 15 is 0 Å². The van der Waals surface area contributed by atoms with Gasteiger partial charge in [0.25, 0.3) is 0 Å². The van der Waals surface area contributed by atoms with Crippen LogP contribution in [0.1, 0.15) is 25.3 Å². The Kier molecular flexibility index (Phi) is 5.97. The summed E-state index contributed by atoms with van der Waals surface area (Å²) in [6, 6.07) is 5.59. The third-order valence-corrected chi connectivity index (χ3v) is 4.58. The van der Waals surface area contributed by atoms with Gasteiger partial charge in [0.1, 0.15) is 6.54 Å². The SMILES string of the molecule is CC(=O)N(CC(=O)NCC1CCCO1)c1ccc(Br)c(C)c1. The molecular formula is C16H21BrN2O3. The molecule has 120 valence electrons. The van der Waals surface area contributed by atoms with Gasteiger partial charge in [-0.2, -0.15) is 0 Å². The molecule has 0 aromatic heterocycles. The lowest BCUT2D eigenvalue weighted by Gasteiger charge is -2.22. The zero-order valence-corrected chi connectivity index (χ0v) is 14.5. The van der Waals surface area contributed by atoms with Crippen LogP contribution in [0.5, 0.6) is 0 Å². The molecule has 0 saturated carbocycles. The largest absolute Gasteiger partial charge is 0.376 e. The summed E-state index contributed by atoms with van der Waals surface area (Å²) in [7, 11) is 0. The van der Waals surface area contributed by atoms with Gasteiger partial charge in [0.2, 0.25) is 11.8 Å². The molecule has 22 heavy (non-hydrogen) atoms. The first-order chi connectivity index (χ1) is 10.5. The van der Waals surface area contributed by atoms with Crippen molar-refractivity contribution in [2.45, 2.75) is 32.8 Å². The van der Waals surface area contributed by atoms with Gasteiger partial charge in [-0.1, -0.05) is 15.9 Å². The van der Waals surface area contributed by atoms with Gasteiger partial charge in [0.05, 0.1) is 6.10 Å². The predicted octanol–water partition coefficient (Wildman–Crippen LogP) is 2.41. The van der Waals surface area contributed by atoms with Crippen LogP contribution >= 0.6 is 15.9 Å². The number of amides is 2. The van der Waals surface area contributed by atoms with E-state index in [4.69, 9.17) is 4.74 Å². The Labute approximate surface area is 139 Å². The van der Waals surface area contributed by atoms with Crippen LogP contribution in [0.3, 0.4) is 0 Å². The van der Waals surface area contributed by atoms with Gasteiger partial charge in [-0.3, -0.25) is 9.59 Å². The molecule has 2 amide bonds. The lowest BCUT2D eigenvalue weighted by Crippen LogP contribution is -2.42. The van der Waals surface area contributed by atoms with Crippen molar-refractivity contribution < 1.29 is 14.3 Å². The van der Waals surface area contributed by atoms with Gasteiger partial charge >= 0.3 is 0 Å². The van der Waals surface area contributed by atoms with Crippen LogP contribution in [-0.4, -0.2) is 37.6 Å². The van der Waals surface area contributed by atoms with Crippen LogP contribution < -0.4 is 10.2 Å². The van der Waals surface area contributed by atoms with E-state index in [-0.39, 0.29) is 24.5 Å². The van der Waals surface area contributed by atoms with E-state index in [1.807, 2.05) is 25.1 Å². The monoisotopic (exact) mass is 368 g/mol. The number of nitrogens with zero attached hydrogens (tertiary/aromatic N) is 1. The van der Waals surface area contributed by atoms with Crippen molar-refractivity contribution in [2.75, 3.05) is 24.6 Å². The molecule has 1 heterocycles. The van der Waals surface area contributed by atoms with Crippen molar-refractivity contribution in [3.63, 3.8) is 0 Å². The molecule has 1 atom stereocenters. The normalized spacial score (nSPS) is 17.3. The molecule has 0 bridgehead atoms. The topological polar surface area (TPSA) is 58.6 Å². The van der Waals surface area contributed by atoms with Crippen molar-refractivity contribution >= 4 is 33.4 Å². The van der Waals surface area contributed by atoms with Crippen LogP contribution in [0.4, 0.5) is 5.69 Å². The average molecular weight is 369 g/mol. The Hall–Kier alpha value is -1.40. The smallest absolute Gasteiger partial charge is 0.240 e. The molecule has 1 aliphatic rings. The number of carbonyl (C=O) groups is 2. The van der Waals surface area contributed by atoms with Crippen molar-refractivity contribution in [3.05, 3.63) is 28.2 Å². The van der Waals surface area contributed by atoms with E-state index in [1.165, 1.54) is 11.8 Å². The quantitative estimate of drug-likeness (QED) is 0.867. The lowest BCUT2D eigenvalue weighted by molar-refractivity contribution is -0.123. The highest BCUT2D eigenvalue weighted by atomic mass is 79.9. The van der Waals surface area contributed by atoms with Gasteiger partial charge in [-0.15, -0.1) is 0 Å². The minimum atomic E-state index is -0.175. The van der Waals surface area contributed by atoms with Crippen LogP contribution in [0.2, 0.25) is 0 Å². The first-order valence-corrected chi connectivity index (χ1v) is 8.19. The van der Waals surface area contributed by atoms with Gasteiger partial charge in [-0.25, -0.2) is 0 Å². The average Bonchev–Trinajstić information content (AvgIpc) is 2.98. The molecule has 1 aliphatic heterocycles. The van der Waals surface area contributed by atoms with Crippen LogP contribution in [0.25, 0.3) is 0 Å². The summed E-state index contributed by atoms with van der Waals surface area (Å²) in [5.41, 5.74) is 1.74. The summed E-state index contributed by atoms with van der Waals surface area (Å²) in [5.74, 6) is -0.333. The molecule has 0 spiro atoms. The maximum Gasteiger partial charge on any atom is 0.240 e. The third kappa shape index (κ3) is 4.55. The maximum atomic E-state index is 12.1. The number of hydrogen-bond acceptors (Lipinski definition) is 3. The van der Waals surface area contributed by atoms with Gasteiger partial charge in [-0.05, 0) is 43.5 Å². The molecule has 1 fully saturated rings. The Morgan fingerprint density at radius 2 is 2.23 bits per heavy atom. The number of rotatable bonds is 5. The molecule has 1 aromatic rings. The number of carbonyl (C=O) groups excluding carboxylic acids is 2. The van der Waals surface area contributed by atoms with E-state index in [2.05, 4.69) is 21.2 Å². The fraction of sp³-hybridized carbons (Fsp3) is 0.500. The molecule has 1 saturated heterocycles. The van der Waals surface area contributed by atoms with Gasteiger partial charge in [0, 0.05) is 30.2 Å². The number of benzene rings is 1. The van der Waals surface area contributed by atoms with Crippen LogP contribution in [-0.2, 0) is 14.3 Å². The fourth-order valence-corrected chi connectivity index (χ4v) is 2.66. The molecule has 0 radical (unpaired) electrons. The van der Waals surface area contributed by atoms with Crippen LogP contribution in [0, 0.1) is 6.92 Å².